The summed E-state index contributed by atoms with van der Waals surface area (Å²) in [6.07, 6.45) is 3.74. The molecule has 5 nitrogen and oxygen atoms in total. The molecule has 0 bridgehead atoms. The van der Waals surface area contributed by atoms with E-state index in [1.807, 2.05) is 18.3 Å². The number of nitro benzene ring substituents is 1. The second-order valence-electron chi connectivity index (χ2n) is 5.32. The molecule has 21 heavy (non-hydrogen) atoms. The van der Waals surface area contributed by atoms with Gasteiger partial charge in [0.05, 0.1) is 4.92 Å². The highest BCUT2D eigenvalue weighted by Gasteiger charge is 2.14. The van der Waals surface area contributed by atoms with Crippen molar-refractivity contribution < 1.29 is 4.92 Å². The minimum Gasteiger partial charge on any atom is -0.347 e. The van der Waals surface area contributed by atoms with Gasteiger partial charge in [0, 0.05) is 42.5 Å². The van der Waals surface area contributed by atoms with E-state index < -0.39 is 0 Å². The van der Waals surface area contributed by atoms with Gasteiger partial charge in [-0.3, -0.25) is 10.1 Å². The van der Waals surface area contributed by atoms with Crippen molar-refractivity contribution in [1.82, 2.24) is 4.57 Å². The van der Waals surface area contributed by atoms with Gasteiger partial charge in [0.25, 0.3) is 5.69 Å². The van der Waals surface area contributed by atoms with Crippen LogP contribution in [0.3, 0.4) is 0 Å². The molecule has 2 aromatic rings. The van der Waals surface area contributed by atoms with E-state index in [4.69, 9.17) is 5.73 Å². The van der Waals surface area contributed by atoms with E-state index >= 15 is 0 Å². The van der Waals surface area contributed by atoms with Gasteiger partial charge in [-0.2, -0.15) is 0 Å². The van der Waals surface area contributed by atoms with Crippen LogP contribution >= 0.6 is 0 Å². The lowest BCUT2D eigenvalue weighted by molar-refractivity contribution is -0.385. The average molecular weight is 287 g/mol. The summed E-state index contributed by atoms with van der Waals surface area (Å²) in [5.41, 5.74) is 9.04. The van der Waals surface area contributed by atoms with Crippen LogP contribution in [0.4, 0.5) is 5.69 Å². The zero-order chi connectivity index (χ0) is 15.4. The molecule has 2 N–H and O–H groups in total. The Morgan fingerprint density at radius 3 is 2.76 bits per heavy atom. The molecule has 0 amide bonds. The molecule has 0 fully saturated rings. The molecule has 1 heterocycles. The smallest absolute Gasteiger partial charge is 0.272 e. The van der Waals surface area contributed by atoms with Crippen molar-refractivity contribution in [2.24, 2.45) is 5.73 Å². The SMILES string of the molecule is CCC(N)Cc1cccn1Cc1cccc([N+](=O)[O-])c1C. The maximum atomic E-state index is 11.0. The standard InChI is InChI=1S/C16H21N3O2/c1-3-14(17)10-15-7-5-9-18(15)11-13-6-4-8-16(12(13)2)19(20)21/h4-9,14H,3,10-11,17H2,1-2H3. The molecular formula is C16H21N3O2. The first kappa shape index (κ1) is 15.3. The molecule has 1 aromatic carbocycles. The monoisotopic (exact) mass is 287 g/mol. The number of hydrogen-bond donors (Lipinski definition) is 1. The normalized spacial score (nSPS) is 12.3. The van der Waals surface area contributed by atoms with Crippen molar-refractivity contribution >= 4 is 5.69 Å². The van der Waals surface area contributed by atoms with E-state index in [2.05, 4.69) is 17.6 Å². The van der Waals surface area contributed by atoms with Crippen LogP contribution in [0.1, 0.15) is 30.2 Å². The second kappa shape index (κ2) is 6.54. The minimum absolute atomic E-state index is 0.143. The number of nitro groups is 1. The first-order chi connectivity index (χ1) is 10.0. The minimum atomic E-state index is -0.331. The van der Waals surface area contributed by atoms with E-state index in [1.54, 1.807) is 19.1 Å². The molecular weight excluding hydrogens is 266 g/mol. The highest BCUT2D eigenvalue weighted by atomic mass is 16.6. The lowest BCUT2D eigenvalue weighted by atomic mass is 10.1. The molecule has 112 valence electrons. The number of nitrogens with two attached hydrogens (primary N) is 1. The van der Waals surface area contributed by atoms with Crippen LogP contribution < -0.4 is 5.73 Å². The van der Waals surface area contributed by atoms with Crippen LogP contribution in [-0.2, 0) is 13.0 Å². The number of aromatic nitrogens is 1. The van der Waals surface area contributed by atoms with E-state index in [-0.39, 0.29) is 16.7 Å². The fraction of sp³-hybridized carbons (Fsp3) is 0.375. The van der Waals surface area contributed by atoms with Gasteiger partial charge in [0.1, 0.15) is 0 Å². The summed E-state index contributed by atoms with van der Waals surface area (Å²) in [4.78, 5) is 10.7. The van der Waals surface area contributed by atoms with Gasteiger partial charge in [0.15, 0.2) is 0 Å². The summed E-state index contributed by atoms with van der Waals surface area (Å²) in [7, 11) is 0. The van der Waals surface area contributed by atoms with E-state index in [9.17, 15) is 10.1 Å². The lowest BCUT2D eigenvalue weighted by Crippen LogP contribution is -2.23. The molecule has 0 aliphatic heterocycles. The maximum Gasteiger partial charge on any atom is 0.272 e. The quantitative estimate of drug-likeness (QED) is 0.655. The molecule has 1 atom stereocenters. The Balaban J connectivity index is 2.25. The zero-order valence-electron chi connectivity index (χ0n) is 12.5. The predicted octanol–water partition coefficient (Wildman–Crippen LogP) is 3.03. The van der Waals surface area contributed by atoms with Crippen molar-refractivity contribution in [2.45, 2.75) is 39.3 Å². The number of benzene rings is 1. The van der Waals surface area contributed by atoms with Crippen LogP contribution in [0.15, 0.2) is 36.5 Å². The topological polar surface area (TPSA) is 74.1 Å². The van der Waals surface area contributed by atoms with Gasteiger partial charge in [-0.1, -0.05) is 19.1 Å². The highest BCUT2D eigenvalue weighted by Crippen LogP contribution is 2.22. The summed E-state index contributed by atoms with van der Waals surface area (Å²) in [5, 5.41) is 11.0. The van der Waals surface area contributed by atoms with Crippen molar-refractivity contribution in [3.05, 3.63) is 63.5 Å². The van der Waals surface area contributed by atoms with Crippen LogP contribution in [0.2, 0.25) is 0 Å². The van der Waals surface area contributed by atoms with Gasteiger partial charge < -0.3 is 10.3 Å². The van der Waals surface area contributed by atoms with Crippen LogP contribution in [0.5, 0.6) is 0 Å². The lowest BCUT2D eigenvalue weighted by Gasteiger charge is -2.14. The molecule has 0 spiro atoms. The number of hydrogen-bond acceptors (Lipinski definition) is 3. The molecule has 0 radical (unpaired) electrons. The zero-order valence-corrected chi connectivity index (χ0v) is 12.5. The second-order valence-corrected chi connectivity index (χ2v) is 5.32. The number of rotatable bonds is 6. The number of nitrogens with zero attached hydrogens (tertiary/aromatic N) is 2. The molecule has 0 saturated heterocycles. The first-order valence-electron chi connectivity index (χ1n) is 7.15. The van der Waals surface area contributed by atoms with Gasteiger partial charge in [-0.25, -0.2) is 0 Å². The summed E-state index contributed by atoms with van der Waals surface area (Å²) in [5.74, 6) is 0. The Hall–Kier alpha value is -2.14. The fourth-order valence-electron chi connectivity index (χ4n) is 2.42. The summed E-state index contributed by atoms with van der Waals surface area (Å²) in [6, 6.07) is 9.41. The van der Waals surface area contributed by atoms with Crippen molar-refractivity contribution in [3.63, 3.8) is 0 Å². The van der Waals surface area contributed by atoms with E-state index in [1.165, 1.54) is 0 Å². The van der Waals surface area contributed by atoms with Gasteiger partial charge in [0.2, 0.25) is 0 Å². The third-order valence-electron chi connectivity index (χ3n) is 3.87. The van der Waals surface area contributed by atoms with Crippen molar-refractivity contribution in [3.8, 4) is 0 Å². The fourth-order valence-corrected chi connectivity index (χ4v) is 2.42. The van der Waals surface area contributed by atoms with E-state index in [0.29, 0.717) is 6.54 Å². The molecule has 0 aliphatic rings. The molecule has 0 aliphatic carbocycles. The molecule has 1 aromatic heterocycles. The average Bonchev–Trinajstić information content (AvgIpc) is 2.87. The largest absolute Gasteiger partial charge is 0.347 e. The van der Waals surface area contributed by atoms with Crippen LogP contribution in [0.25, 0.3) is 0 Å². The molecule has 0 saturated carbocycles. The van der Waals surface area contributed by atoms with Gasteiger partial charge in [-0.05, 0) is 31.0 Å². The molecule has 1 unspecified atom stereocenters. The maximum absolute atomic E-state index is 11.0. The van der Waals surface area contributed by atoms with E-state index in [0.717, 1.165) is 29.7 Å². The Labute approximate surface area is 124 Å². The van der Waals surface area contributed by atoms with Gasteiger partial charge in [-0.15, -0.1) is 0 Å². The Kier molecular flexibility index (Phi) is 4.75. The Morgan fingerprint density at radius 2 is 2.10 bits per heavy atom. The molecule has 5 heteroatoms. The highest BCUT2D eigenvalue weighted by molar-refractivity contribution is 5.44. The summed E-state index contributed by atoms with van der Waals surface area (Å²) < 4.78 is 2.11. The first-order valence-corrected chi connectivity index (χ1v) is 7.15. The Morgan fingerprint density at radius 1 is 1.33 bits per heavy atom. The van der Waals surface area contributed by atoms with Crippen LogP contribution in [0, 0.1) is 17.0 Å². The molecule has 2 rings (SSSR count). The van der Waals surface area contributed by atoms with Crippen molar-refractivity contribution in [2.75, 3.05) is 0 Å². The third-order valence-corrected chi connectivity index (χ3v) is 3.87. The predicted molar refractivity (Wildman–Crippen MR) is 83.3 cm³/mol. The summed E-state index contributed by atoms with van der Waals surface area (Å²) in [6.45, 7) is 4.50. The third kappa shape index (κ3) is 3.49. The summed E-state index contributed by atoms with van der Waals surface area (Å²) >= 11 is 0. The Bertz CT molecular complexity index is 634. The van der Waals surface area contributed by atoms with Crippen molar-refractivity contribution in [1.29, 1.82) is 0 Å². The van der Waals surface area contributed by atoms with Crippen LogP contribution in [-0.4, -0.2) is 15.5 Å². The van der Waals surface area contributed by atoms with Gasteiger partial charge >= 0.3 is 0 Å².